The lowest BCUT2D eigenvalue weighted by Crippen LogP contribution is -2.40. The number of aromatic nitrogens is 3. The van der Waals surface area contributed by atoms with Crippen molar-refractivity contribution >= 4 is 12.4 Å². The smallest absolute Gasteiger partial charge is 0.293 e. The van der Waals surface area contributed by atoms with Crippen molar-refractivity contribution in [2.45, 2.75) is 117 Å². The SMILES string of the molecule is Cc1c(C(=O)NCC(C)(C)OC=O)cc(-c2cc(C(C)(C)C)nc(C(C)(C)C)n2)n1CC1CCCCC1. The van der Waals surface area contributed by atoms with E-state index in [4.69, 9.17) is 14.7 Å². The number of hydrogen-bond donors (Lipinski definition) is 1. The highest BCUT2D eigenvalue weighted by Gasteiger charge is 2.28. The van der Waals surface area contributed by atoms with Gasteiger partial charge in [0.25, 0.3) is 12.4 Å². The molecule has 37 heavy (non-hydrogen) atoms. The van der Waals surface area contributed by atoms with E-state index < -0.39 is 5.60 Å². The number of carbonyl (C=O) groups is 2. The van der Waals surface area contributed by atoms with E-state index >= 15 is 0 Å². The van der Waals surface area contributed by atoms with Gasteiger partial charge >= 0.3 is 0 Å². The monoisotopic (exact) mass is 510 g/mol. The van der Waals surface area contributed by atoms with Crippen LogP contribution < -0.4 is 5.32 Å². The molecule has 0 atom stereocenters. The van der Waals surface area contributed by atoms with Gasteiger partial charge in [-0.15, -0.1) is 0 Å². The van der Waals surface area contributed by atoms with Crippen molar-refractivity contribution in [1.29, 1.82) is 0 Å². The highest BCUT2D eigenvalue weighted by Crippen LogP contribution is 2.33. The van der Waals surface area contributed by atoms with Crippen LogP contribution >= 0.6 is 0 Å². The molecule has 1 aliphatic rings. The minimum absolute atomic E-state index is 0.141. The number of nitrogens with zero attached hydrogens (tertiary/aromatic N) is 3. The summed E-state index contributed by atoms with van der Waals surface area (Å²) < 4.78 is 7.41. The Morgan fingerprint density at radius 1 is 1.03 bits per heavy atom. The van der Waals surface area contributed by atoms with E-state index in [0.29, 0.717) is 18.0 Å². The van der Waals surface area contributed by atoms with E-state index in [0.717, 1.165) is 35.1 Å². The van der Waals surface area contributed by atoms with Gasteiger partial charge in [0.2, 0.25) is 0 Å². The van der Waals surface area contributed by atoms with Gasteiger partial charge in [0, 0.05) is 23.1 Å². The molecule has 204 valence electrons. The maximum atomic E-state index is 13.4. The fourth-order valence-corrected chi connectivity index (χ4v) is 4.81. The average Bonchev–Trinajstić information content (AvgIpc) is 3.13. The fourth-order valence-electron chi connectivity index (χ4n) is 4.81. The zero-order valence-corrected chi connectivity index (χ0v) is 24.3. The van der Waals surface area contributed by atoms with Gasteiger partial charge < -0.3 is 14.6 Å². The highest BCUT2D eigenvalue weighted by atomic mass is 16.5. The lowest BCUT2D eigenvalue weighted by molar-refractivity contribution is -0.139. The molecule has 0 aliphatic heterocycles. The standard InChI is InChI=1S/C30H46N4O3/c1-20-22(26(36)31-18-30(8,9)37-19-35)15-24(34(20)17-21-13-11-10-12-14-21)23-16-25(28(2,3)4)33-27(32-23)29(5,6)7/h15-16,19,21H,10-14,17-18H2,1-9H3,(H,31,36). The highest BCUT2D eigenvalue weighted by molar-refractivity contribution is 5.97. The van der Waals surface area contributed by atoms with Crippen LogP contribution in [0, 0.1) is 12.8 Å². The largest absolute Gasteiger partial charge is 0.460 e. The number of ether oxygens (including phenoxy) is 1. The molecular formula is C30H46N4O3. The summed E-state index contributed by atoms with van der Waals surface area (Å²) >= 11 is 0. The van der Waals surface area contributed by atoms with Crippen molar-refractivity contribution in [2.75, 3.05) is 6.54 Å². The Hall–Kier alpha value is -2.70. The van der Waals surface area contributed by atoms with Gasteiger partial charge in [0.05, 0.1) is 29.2 Å². The molecule has 0 aromatic carbocycles. The molecular weight excluding hydrogens is 464 g/mol. The van der Waals surface area contributed by atoms with Crippen LogP contribution in [0.4, 0.5) is 0 Å². The summed E-state index contributed by atoms with van der Waals surface area (Å²) in [6.07, 6.45) is 6.24. The molecule has 1 N–H and O–H groups in total. The lowest BCUT2D eigenvalue weighted by Gasteiger charge is -2.26. The van der Waals surface area contributed by atoms with Gasteiger partial charge in [0.1, 0.15) is 11.4 Å². The van der Waals surface area contributed by atoms with Gasteiger partial charge in [-0.25, -0.2) is 9.97 Å². The Morgan fingerprint density at radius 3 is 2.24 bits per heavy atom. The Labute approximate surface area is 222 Å². The van der Waals surface area contributed by atoms with E-state index in [-0.39, 0.29) is 23.3 Å². The van der Waals surface area contributed by atoms with E-state index in [1.54, 1.807) is 13.8 Å². The van der Waals surface area contributed by atoms with Crippen LogP contribution in [0.5, 0.6) is 0 Å². The number of hydrogen-bond acceptors (Lipinski definition) is 5. The van der Waals surface area contributed by atoms with Gasteiger partial charge in [0.15, 0.2) is 0 Å². The molecule has 0 radical (unpaired) electrons. The van der Waals surface area contributed by atoms with Gasteiger partial charge in [-0.05, 0) is 51.7 Å². The lowest BCUT2D eigenvalue weighted by atomic mass is 9.89. The van der Waals surface area contributed by atoms with Crippen molar-refractivity contribution in [3.05, 3.63) is 34.9 Å². The number of carbonyl (C=O) groups excluding carboxylic acids is 2. The van der Waals surface area contributed by atoms with Crippen LogP contribution in [0.3, 0.4) is 0 Å². The Morgan fingerprint density at radius 2 is 1.68 bits per heavy atom. The van der Waals surface area contributed by atoms with Crippen LogP contribution in [0.2, 0.25) is 0 Å². The fraction of sp³-hybridized carbons (Fsp3) is 0.667. The maximum Gasteiger partial charge on any atom is 0.293 e. The van der Waals surface area contributed by atoms with Crippen molar-refractivity contribution in [1.82, 2.24) is 19.9 Å². The summed E-state index contributed by atoms with van der Waals surface area (Å²) in [6.45, 7) is 20.0. The first-order valence-electron chi connectivity index (χ1n) is 13.6. The first-order valence-corrected chi connectivity index (χ1v) is 13.6. The van der Waals surface area contributed by atoms with Crippen LogP contribution in [0.1, 0.15) is 115 Å². The van der Waals surface area contributed by atoms with Crippen LogP contribution in [0.25, 0.3) is 11.4 Å². The van der Waals surface area contributed by atoms with E-state index in [1.165, 1.54) is 32.1 Å². The summed E-state index contributed by atoms with van der Waals surface area (Å²) in [5.41, 5.74) is 3.22. The Balaban J connectivity index is 2.11. The average molecular weight is 511 g/mol. The molecule has 1 saturated carbocycles. The number of rotatable bonds is 8. The molecule has 1 amide bonds. The minimum Gasteiger partial charge on any atom is -0.460 e. The second-order valence-corrected chi connectivity index (χ2v) is 13.3. The quantitative estimate of drug-likeness (QED) is 0.433. The van der Waals surface area contributed by atoms with Gasteiger partial charge in [-0.3, -0.25) is 9.59 Å². The van der Waals surface area contributed by atoms with E-state index in [1.807, 2.05) is 13.0 Å². The third-order valence-corrected chi connectivity index (χ3v) is 7.25. The molecule has 0 unspecified atom stereocenters. The Bertz CT molecular complexity index is 1080. The van der Waals surface area contributed by atoms with Crippen LogP contribution in [0.15, 0.2) is 12.1 Å². The summed E-state index contributed by atoms with van der Waals surface area (Å²) in [4.78, 5) is 34.2. The predicted octanol–water partition coefficient (Wildman–Crippen LogP) is 6.11. The normalized spacial score (nSPS) is 15.5. The van der Waals surface area contributed by atoms with Crippen molar-refractivity contribution in [2.24, 2.45) is 5.92 Å². The molecule has 7 heteroatoms. The second kappa shape index (κ2) is 11.0. The first-order chi connectivity index (χ1) is 17.1. The molecule has 1 fully saturated rings. The number of amides is 1. The Kier molecular flexibility index (Phi) is 8.55. The molecule has 3 rings (SSSR count). The third kappa shape index (κ3) is 7.20. The van der Waals surface area contributed by atoms with Crippen molar-refractivity contribution in [3.63, 3.8) is 0 Å². The molecule has 7 nitrogen and oxygen atoms in total. The van der Waals surface area contributed by atoms with E-state index in [2.05, 4.69) is 57.5 Å². The number of nitrogens with one attached hydrogen (secondary N) is 1. The third-order valence-electron chi connectivity index (χ3n) is 7.25. The van der Waals surface area contributed by atoms with Gasteiger partial charge in [-0.2, -0.15) is 0 Å². The minimum atomic E-state index is -0.783. The molecule has 2 aromatic heterocycles. The van der Waals surface area contributed by atoms with Gasteiger partial charge in [-0.1, -0.05) is 60.8 Å². The summed E-state index contributed by atoms with van der Waals surface area (Å²) in [5.74, 6) is 1.21. The molecule has 0 bridgehead atoms. The maximum absolute atomic E-state index is 13.4. The van der Waals surface area contributed by atoms with Crippen LogP contribution in [-0.2, 0) is 26.9 Å². The summed E-state index contributed by atoms with van der Waals surface area (Å²) in [7, 11) is 0. The summed E-state index contributed by atoms with van der Waals surface area (Å²) in [5, 5.41) is 2.96. The molecule has 0 saturated heterocycles. The molecule has 0 spiro atoms. The topological polar surface area (TPSA) is 86.1 Å². The van der Waals surface area contributed by atoms with Crippen LogP contribution in [-0.4, -0.2) is 39.1 Å². The summed E-state index contributed by atoms with van der Waals surface area (Å²) in [6, 6.07) is 4.06. The van der Waals surface area contributed by atoms with E-state index in [9.17, 15) is 9.59 Å². The zero-order valence-electron chi connectivity index (χ0n) is 24.3. The first kappa shape index (κ1) is 28.9. The molecule has 1 aliphatic carbocycles. The van der Waals surface area contributed by atoms with Crippen molar-refractivity contribution in [3.8, 4) is 11.4 Å². The predicted molar refractivity (Wildman–Crippen MR) is 148 cm³/mol. The molecule has 2 heterocycles. The zero-order chi connectivity index (χ0) is 27.6. The van der Waals surface area contributed by atoms with Crippen molar-refractivity contribution < 1.29 is 14.3 Å². The molecule has 2 aromatic rings. The second-order valence-electron chi connectivity index (χ2n) is 13.3.